The lowest BCUT2D eigenvalue weighted by atomic mass is 10.0. The summed E-state index contributed by atoms with van der Waals surface area (Å²) in [5, 5.41) is 3.94. The lowest BCUT2D eigenvalue weighted by Gasteiger charge is -2.24. The molecular weight excluding hydrogens is 306 g/mol. The Hall–Kier alpha value is -2.02. The molecule has 124 valence electrons. The van der Waals surface area contributed by atoms with E-state index in [4.69, 9.17) is 9.26 Å². The third-order valence-corrected chi connectivity index (χ3v) is 3.99. The van der Waals surface area contributed by atoms with Crippen LogP contribution >= 0.6 is 0 Å². The Balaban J connectivity index is 1.93. The number of nitrogens with zero attached hydrogens (tertiary/aromatic N) is 2. The van der Waals surface area contributed by atoms with Crippen LogP contribution < -0.4 is 4.74 Å². The minimum Gasteiger partial charge on any atom is -0.434 e. The van der Waals surface area contributed by atoms with Crippen LogP contribution in [-0.4, -0.2) is 23.4 Å². The van der Waals surface area contributed by atoms with Gasteiger partial charge in [-0.2, -0.15) is 13.8 Å². The first-order chi connectivity index (χ1) is 11.1. The van der Waals surface area contributed by atoms with E-state index in [0.29, 0.717) is 18.1 Å². The van der Waals surface area contributed by atoms with Crippen LogP contribution in [0.1, 0.15) is 38.5 Å². The Morgan fingerprint density at radius 3 is 2.70 bits per heavy atom. The standard InChI is InChI=1S/C16H18F2N2O3/c1-2-21-16(9-5-6-10-16)14-19-13(20-23-14)11-7-3-4-8-12(11)22-15(17)18/h3-4,7-8,15H,2,5-6,9-10H2,1H3. The Morgan fingerprint density at radius 1 is 1.26 bits per heavy atom. The van der Waals surface area contributed by atoms with Crippen molar-refractivity contribution in [3.63, 3.8) is 0 Å². The van der Waals surface area contributed by atoms with Crippen molar-refractivity contribution in [1.82, 2.24) is 10.1 Å². The van der Waals surface area contributed by atoms with E-state index in [1.807, 2.05) is 6.92 Å². The molecule has 0 N–H and O–H groups in total. The average molecular weight is 324 g/mol. The molecule has 3 rings (SSSR count). The van der Waals surface area contributed by atoms with Crippen molar-refractivity contribution in [2.24, 2.45) is 0 Å². The maximum absolute atomic E-state index is 12.5. The molecule has 1 aromatic carbocycles. The molecule has 0 bridgehead atoms. The lowest BCUT2D eigenvalue weighted by Crippen LogP contribution is -2.26. The molecule has 1 fully saturated rings. The highest BCUT2D eigenvalue weighted by atomic mass is 19.3. The first-order valence-electron chi connectivity index (χ1n) is 7.67. The summed E-state index contributed by atoms with van der Waals surface area (Å²) in [7, 11) is 0. The smallest absolute Gasteiger partial charge is 0.387 e. The largest absolute Gasteiger partial charge is 0.434 e. The summed E-state index contributed by atoms with van der Waals surface area (Å²) < 4.78 is 40.8. The summed E-state index contributed by atoms with van der Waals surface area (Å²) in [4.78, 5) is 4.39. The van der Waals surface area contributed by atoms with Crippen LogP contribution in [0.4, 0.5) is 8.78 Å². The Kier molecular flexibility index (Phi) is 4.56. The van der Waals surface area contributed by atoms with Gasteiger partial charge >= 0.3 is 6.61 Å². The van der Waals surface area contributed by atoms with Gasteiger partial charge < -0.3 is 14.0 Å². The Morgan fingerprint density at radius 2 is 2.00 bits per heavy atom. The SMILES string of the molecule is CCOC1(c2nc(-c3ccccc3OC(F)F)no2)CCCC1. The fourth-order valence-electron chi connectivity index (χ4n) is 3.01. The minimum absolute atomic E-state index is 0.0201. The number of halogens is 2. The lowest BCUT2D eigenvalue weighted by molar-refractivity contribution is -0.0610. The molecule has 7 heteroatoms. The fourth-order valence-corrected chi connectivity index (χ4v) is 3.01. The summed E-state index contributed by atoms with van der Waals surface area (Å²) in [6.45, 7) is -0.446. The van der Waals surface area contributed by atoms with Crippen LogP contribution in [-0.2, 0) is 10.3 Å². The van der Waals surface area contributed by atoms with Crippen molar-refractivity contribution in [1.29, 1.82) is 0 Å². The molecule has 2 aromatic rings. The first kappa shape index (κ1) is 15.9. The van der Waals surface area contributed by atoms with Crippen molar-refractivity contribution in [2.75, 3.05) is 6.61 Å². The van der Waals surface area contributed by atoms with Gasteiger partial charge in [0.2, 0.25) is 5.82 Å². The predicted octanol–water partition coefficient (Wildman–Crippen LogP) is 4.14. The maximum Gasteiger partial charge on any atom is 0.387 e. The third kappa shape index (κ3) is 3.19. The van der Waals surface area contributed by atoms with Gasteiger partial charge in [-0.25, -0.2) is 0 Å². The van der Waals surface area contributed by atoms with E-state index < -0.39 is 12.2 Å². The molecule has 1 aliphatic carbocycles. The number of aromatic nitrogens is 2. The van der Waals surface area contributed by atoms with Gasteiger partial charge in [0.25, 0.3) is 5.89 Å². The van der Waals surface area contributed by atoms with E-state index in [2.05, 4.69) is 14.9 Å². The molecule has 23 heavy (non-hydrogen) atoms. The molecule has 0 atom stereocenters. The van der Waals surface area contributed by atoms with E-state index in [-0.39, 0.29) is 11.6 Å². The summed E-state index contributed by atoms with van der Waals surface area (Å²) in [6, 6.07) is 6.39. The monoisotopic (exact) mass is 324 g/mol. The van der Waals surface area contributed by atoms with Crippen LogP contribution in [0.5, 0.6) is 5.75 Å². The second kappa shape index (κ2) is 6.62. The molecule has 1 heterocycles. The molecule has 0 saturated heterocycles. The number of alkyl halides is 2. The number of hydrogen-bond acceptors (Lipinski definition) is 5. The second-order valence-corrected chi connectivity index (χ2v) is 5.43. The zero-order chi connectivity index (χ0) is 16.3. The molecule has 0 amide bonds. The molecule has 1 saturated carbocycles. The summed E-state index contributed by atoms with van der Waals surface area (Å²) >= 11 is 0. The molecule has 5 nitrogen and oxygen atoms in total. The van der Waals surface area contributed by atoms with Gasteiger partial charge in [-0.3, -0.25) is 0 Å². The summed E-state index contributed by atoms with van der Waals surface area (Å²) in [5.41, 5.74) is -0.189. The normalized spacial score (nSPS) is 16.9. The zero-order valence-corrected chi connectivity index (χ0v) is 12.8. The topological polar surface area (TPSA) is 57.4 Å². The quantitative estimate of drug-likeness (QED) is 0.799. The highest BCUT2D eigenvalue weighted by Gasteiger charge is 2.42. The van der Waals surface area contributed by atoms with Crippen LogP contribution in [0.25, 0.3) is 11.4 Å². The van der Waals surface area contributed by atoms with Gasteiger partial charge in [-0.1, -0.05) is 17.3 Å². The van der Waals surface area contributed by atoms with Crippen molar-refractivity contribution >= 4 is 0 Å². The molecular formula is C16H18F2N2O3. The van der Waals surface area contributed by atoms with Crippen LogP contribution in [0, 0.1) is 0 Å². The number of rotatable bonds is 6. The van der Waals surface area contributed by atoms with Gasteiger partial charge in [0, 0.05) is 6.61 Å². The summed E-state index contributed by atoms with van der Waals surface area (Å²) in [5.74, 6) is 0.646. The van der Waals surface area contributed by atoms with Crippen molar-refractivity contribution < 1.29 is 22.8 Å². The van der Waals surface area contributed by atoms with Crippen LogP contribution in [0.3, 0.4) is 0 Å². The van der Waals surface area contributed by atoms with Gasteiger partial charge in [-0.05, 0) is 44.7 Å². The fraction of sp³-hybridized carbons (Fsp3) is 0.500. The van der Waals surface area contributed by atoms with E-state index >= 15 is 0 Å². The molecule has 0 radical (unpaired) electrons. The third-order valence-electron chi connectivity index (χ3n) is 3.99. The van der Waals surface area contributed by atoms with E-state index in [1.165, 1.54) is 6.07 Å². The van der Waals surface area contributed by atoms with E-state index in [0.717, 1.165) is 25.7 Å². The van der Waals surface area contributed by atoms with Gasteiger partial charge in [0.1, 0.15) is 11.4 Å². The highest BCUT2D eigenvalue weighted by molar-refractivity contribution is 5.63. The summed E-state index contributed by atoms with van der Waals surface area (Å²) in [6.07, 6.45) is 3.70. The van der Waals surface area contributed by atoms with Gasteiger partial charge in [0.15, 0.2) is 0 Å². The number of hydrogen-bond donors (Lipinski definition) is 0. The Bertz CT molecular complexity index is 654. The van der Waals surface area contributed by atoms with E-state index in [9.17, 15) is 8.78 Å². The van der Waals surface area contributed by atoms with Crippen molar-refractivity contribution in [2.45, 2.75) is 44.8 Å². The zero-order valence-electron chi connectivity index (χ0n) is 12.8. The number of benzene rings is 1. The number of para-hydroxylation sites is 1. The van der Waals surface area contributed by atoms with Crippen LogP contribution in [0.2, 0.25) is 0 Å². The van der Waals surface area contributed by atoms with Crippen molar-refractivity contribution in [3.05, 3.63) is 30.2 Å². The number of ether oxygens (including phenoxy) is 2. The minimum atomic E-state index is -2.91. The maximum atomic E-state index is 12.5. The highest BCUT2D eigenvalue weighted by Crippen LogP contribution is 2.42. The predicted molar refractivity (Wildman–Crippen MR) is 78.1 cm³/mol. The van der Waals surface area contributed by atoms with Gasteiger partial charge in [0.05, 0.1) is 5.56 Å². The molecule has 0 spiro atoms. The molecule has 1 aliphatic rings. The van der Waals surface area contributed by atoms with Crippen LogP contribution in [0.15, 0.2) is 28.8 Å². The molecule has 0 unspecified atom stereocenters. The second-order valence-electron chi connectivity index (χ2n) is 5.43. The molecule has 0 aliphatic heterocycles. The first-order valence-corrected chi connectivity index (χ1v) is 7.67. The van der Waals surface area contributed by atoms with Crippen molar-refractivity contribution in [3.8, 4) is 17.1 Å². The van der Waals surface area contributed by atoms with E-state index in [1.54, 1.807) is 18.2 Å². The molecule has 1 aromatic heterocycles. The van der Waals surface area contributed by atoms with Gasteiger partial charge in [-0.15, -0.1) is 0 Å². The Labute approximate surface area is 132 Å². The average Bonchev–Trinajstić information content (AvgIpc) is 3.17.